The molecule has 0 spiro atoms. The molecule has 15 heavy (non-hydrogen) atoms. The molecule has 0 heterocycles. The number of nitro benzene ring substituents is 1. The molecule has 1 unspecified atom stereocenters. The molecule has 1 atom stereocenters. The van der Waals surface area contributed by atoms with Gasteiger partial charge in [0.05, 0.1) is 4.92 Å². The van der Waals surface area contributed by atoms with Crippen LogP contribution in [-0.4, -0.2) is 17.5 Å². The Labute approximate surface area is 92.4 Å². The minimum atomic E-state index is -0.508. The van der Waals surface area contributed by atoms with Gasteiger partial charge in [-0.1, -0.05) is 17.7 Å². The van der Waals surface area contributed by atoms with E-state index in [0.29, 0.717) is 12.2 Å². The van der Waals surface area contributed by atoms with Gasteiger partial charge in [-0.15, -0.1) is 0 Å². The van der Waals surface area contributed by atoms with Crippen molar-refractivity contribution < 1.29 is 4.92 Å². The van der Waals surface area contributed by atoms with E-state index in [2.05, 4.69) is 5.32 Å². The zero-order valence-corrected chi connectivity index (χ0v) is 8.99. The summed E-state index contributed by atoms with van der Waals surface area (Å²) < 4.78 is 0. The van der Waals surface area contributed by atoms with E-state index in [1.807, 2.05) is 6.92 Å². The van der Waals surface area contributed by atoms with Gasteiger partial charge in [-0.05, 0) is 19.1 Å². The molecule has 82 valence electrons. The highest BCUT2D eigenvalue weighted by Crippen LogP contribution is 2.31. The van der Waals surface area contributed by atoms with Crippen LogP contribution in [0.3, 0.4) is 0 Å². The van der Waals surface area contributed by atoms with E-state index < -0.39 is 4.92 Å². The summed E-state index contributed by atoms with van der Waals surface area (Å²) in [6.45, 7) is 2.27. The molecule has 0 amide bonds. The maximum atomic E-state index is 10.7. The van der Waals surface area contributed by atoms with Crippen LogP contribution in [0.5, 0.6) is 0 Å². The van der Waals surface area contributed by atoms with Crippen LogP contribution in [0.4, 0.5) is 11.4 Å². The fourth-order valence-electron chi connectivity index (χ4n) is 1.11. The Balaban J connectivity index is 2.96. The molecule has 1 aromatic rings. The molecule has 1 aromatic carbocycles. The van der Waals surface area contributed by atoms with Crippen LogP contribution in [0.15, 0.2) is 18.2 Å². The normalized spacial score (nSPS) is 12.2. The van der Waals surface area contributed by atoms with E-state index in [0.717, 1.165) is 0 Å². The lowest BCUT2D eigenvalue weighted by molar-refractivity contribution is -0.383. The van der Waals surface area contributed by atoms with Crippen LogP contribution >= 0.6 is 11.6 Å². The minimum Gasteiger partial charge on any atom is -0.378 e. The fraction of sp³-hybridized carbons (Fsp3) is 0.333. The molecule has 0 radical (unpaired) electrons. The van der Waals surface area contributed by atoms with E-state index in [4.69, 9.17) is 17.3 Å². The van der Waals surface area contributed by atoms with Gasteiger partial charge in [0.15, 0.2) is 0 Å². The molecule has 1 rings (SSSR count). The lowest BCUT2D eigenvalue weighted by Crippen LogP contribution is -2.25. The number of rotatable bonds is 4. The zero-order valence-electron chi connectivity index (χ0n) is 8.24. The second kappa shape index (κ2) is 4.95. The Kier molecular flexibility index (Phi) is 3.88. The SMILES string of the molecule is CC(N)CNc1cccc(Cl)c1[N+](=O)[O-]. The zero-order chi connectivity index (χ0) is 11.4. The molecule has 0 fully saturated rings. The number of hydrogen-bond acceptors (Lipinski definition) is 4. The Bertz CT molecular complexity index is 368. The van der Waals surface area contributed by atoms with Crippen molar-refractivity contribution in [3.05, 3.63) is 33.3 Å². The summed E-state index contributed by atoms with van der Waals surface area (Å²) in [5, 5.41) is 13.7. The highest BCUT2D eigenvalue weighted by atomic mass is 35.5. The van der Waals surface area contributed by atoms with Crippen molar-refractivity contribution in [2.75, 3.05) is 11.9 Å². The third kappa shape index (κ3) is 3.07. The Hall–Kier alpha value is -1.33. The van der Waals surface area contributed by atoms with Gasteiger partial charge < -0.3 is 11.1 Å². The third-order valence-corrected chi connectivity index (χ3v) is 2.09. The molecule has 0 aliphatic rings. The smallest absolute Gasteiger partial charge is 0.310 e. The van der Waals surface area contributed by atoms with E-state index in [1.54, 1.807) is 12.1 Å². The van der Waals surface area contributed by atoms with Gasteiger partial charge in [0.2, 0.25) is 0 Å². The number of benzene rings is 1. The molecular formula is C9H12ClN3O2. The van der Waals surface area contributed by atoms with Gasteiger partial charge in [0, 0.05) is 12.6 Å². The maximum absolute atomic E-state index is 10.7. The van der Waals surface area contributed by atoms with Crippen LogP contribution in [0, 0.1) is 10.1 Å². The minimum absolute atomic E-state index is 0.0800. The summed E-state index contributed by atoms with van der Waals surface area (Å²) >= 11 is 5.73. The van der Waals surface area contributed by atoms with Gasteiger partial charge in [0.1, 0.15) is 10.7 Å². The van der Waals surface area contributed by atoms with Crippen molar-refractivity contribution >= 4 is 23.0 Å². The van der Waals surface area contributed by atoms with Crippen molar-refractivity contribution in [2.24, 2.45) is 5.73 Å². The largest absolute Gasteiger partial charge is 0.378 e. The predicted molar refractivity (Wildman–Crippen MR) is 60.2 cm³/mol. The lowest BCUT2D eigenvalue weighted by Gasteiger charge is -2.09. The Morgan fingerprint density at radius 3 is 2.87 bits per heavy atom. The molecule has 0 bridgehead atoms. The molecule has 0 saturated heterocycles. The van der Waals surface area contributed by atoms with Crippen molar-refractivity contribution in [3.63, 3.8) is 0 Å². The number of nitrogens with two attached hydrogens (primary N) is 1. The number of hydrogen-bond donors (Lipinski definition) is 2. The number of halogens is 1. The quantitative estimate of drug-likeness (QED) is 0.611. The topological polar surface area (TPSA) is 81.2 Å². The summed E-state index contributed by atoms with van der Waals surface area (Å²) in [5.41, 5.74) is 5.82. The highest BCUT2D eigenvalue weighted by molar-refractivity contribution is 6.33. The van der Waals surface area contributed by atoms with Crippen LogP contribution in [-0.2, 0) is 0 Å². The first-order valence-electron chi connectivity index (χ1n) is 4.44. The van der Waals surface area contributed by atoms with Crippen molar-refractivity contribution in [1.82, 2.24) is 0 Å². The highest BCUT2D eigenvalue weighted by Gasteiger charge is 2.17. The average Bonchev–Trinajstić information content (AvgIpc) is 2.13. The monoisotopic (exact) mass is 229 g/mol. The first-order valence-corrected chi connectivity index (χ1v) is 4.82. The van der Waals surface area contributed by atoms with Crippen LogP contribution in [0.2, 0.25) is 5.02 Å². The summed E-state index contributed by atoms with van der Waals surface area (Å²) in [6, 6.07) is 4.66. The van der Waals surface area contributed by atoms with Crippen LogP contribution < -0.4 is 11.1 Å². The van der Waals surface area contributed by atoms with Crippen LogP contribution in [0.25, 0.3) is 0 Å². The van der Waals surface area contributed by atoms with Crippen molar-refractivity contribution in [2.45, 2.75) is 13.0 Å². The van der Waals surface area contributed by atoms with Gasteiger partial charge >= 0.3 is 5.69 Å². The molecular weight excluding hydrogens is 218 g/mol. The van der Waals surface area contributed by atoms with Crippen molar-refractivity contribution in [3.8, 4) is 0 Å². The predicted octanol–water partition coefficient (Wildman–Crippen LogP) is 2.01. The second-order valence-electron chi connectivity index (χ2n) is 3.25. The number of para-hydroxylation sites is 1. The number of nitro groups is 1. The Morgan fingerprint density at radius 1 is 1.67 bits per heavy atom. The molecule has 0 aliphatic carbocycles. The maximum Gasteiger partial charge on any atom is 0.310 e. The molecule has 5 nitrogen and oxygen atoms in total. The average molecular weight is 230 g/mol. The lowest BCUT2D eigenvalue weighted by atomic mass is 10.2. The molecule has 0 aromatic heterocycles. The first-order chi connectivity index (χ1) is 7.02. The molecule has 0 saturated carbocycles. The van der Waals surface area contributed by atoms with E-state index in [-0.39, 0.29) is 16.8 Å². The van der Waals surface area contributed by atoms with E-state index in [1.165, 1.54) is 6.07 Å². The van der Waals surface area contributed by atoms with Gasteiger partial charge in [-0.3, -0.25) is 10.1 Å². The summed E-state index contributed by atoms with van der Waals surface area (Å²) in [5.74, 6) is 0. The van der Waals surface area contributed by atoms with E-state index in [9.17, 15) is 10.1 Å². The van der Waals surface area contributed by atoms with Crippen LogP contribution in [0.1, 0.15) is 6.92 Å². The summed E-state index contributed by atoms with van der Waals surface area (Å²) in [7, 11) is 0. The number of nitrogens with one attached hydrogen (secondary N) is 1. The number of nitrogens with zero attached hydrogens (tertiary/aromatic N) is 1. The van der Waals surface area contributed by atoms with Crippen molar-refractivity contribution in [1.29, 1.82) is 0 Å². The summed E-state index contributed by atoms with van der Waals surface area (Å²) in [6.07, 6.45) is 0. The standard InChI is InChI=1S/C9H12ClN3O2/c1-6(11)5-12-8-4-2-3-7(10)9(8)13(14)15/h2-4,6,12H,5,11H2,1H3. The molecule has 6 heteroatoms. The van der Waals surface area contributed by atoms with Gasteiger partial charge in [-0.25, -0.2) is 0 Å². The second-order valence-corrected chi connectivity index (χ2v) is 3.66. The van der Waals surface area contributed by atoms with Gasteiger partial charge in [0.25, 0.3) is 0 Å². The molecule has 3 N–H and O–H groups in total. The van der Waals surface area contributed by atoms with E-state index >= 15 is 0 Å². The van der Waals surface area contributed by atoms with Gasteiger partial charge in [-0.2, -0.15) is 0 Å². The fourth-order valence-corrected chi connectivity index (χ4v) is 1.36. The first kappa shape index (κ1) is 11.7. The Morgan fingerprint density at radius 2 is 2.33 bits per heavy atom. The molecule has 0 aliphatic heterocycles. The summed E-state index contributed by atoms with van der Waals surface area (Å²) in [4.78, 5) is 10.2. The number of anilines is 1. The third-order valence-electron chi connectivity index (χ3n) is 1.78.